The largest absolute Gasteiger partial charge is 0.387 e. The highest BCUT2D eigenvalue weighted by molar-refractivity contribution is 9.10. The highest BCUT2D eigenvalue weighted by Crippen LogP contribution is 2.26. The molecule has 0 spiro atoms. The smallest absolute Gasteiger partial charge is 0.244 e. The van der Waals surface area contributed by atoms with Gasteiger partial charge in [0.25, 0.3) is 0 Å². The van der Waals surface area contributed by atoms with Crippen LogP contribution in [-0.2, 0) is 10.0 Å². The fraction of sp³-hybridized carbons (Fsp3) is 0.167. The van der Waals surface area contributed by atoms with Crippen LogP contribution in [0.4, 0.5) is 8.78 Å². The lowest BCUT2D eigenvalue weighted by atomic mass is 10.2. The first-order valence-electron chi connectivity index (χ1n) is 5.65. The first-order valence-corrected chi connectivity index (χ1v) is 8.87. The van der Waals surface area contributed by atoms with E-state index in [1.807, 2.05) is 0 Å². The maximum Gasteiger partial charge on any atom is 0.244 e. The summed E-state index contributed by atoms with van der Waals surface area (Å²) in [6, 6.07) is 2.99. The Morgan fingerprint density at radius 1 is 1.38 bits per heavy atom. The molecule has 0 bridgehead atoms. The highest BCUT2D eigenvalue weighted by atomic mass is 79.9. The van der Waals surface area contributed by atoms with E-state index in [0.29, 0.717) is 11.6 Å². The van der Waals surface area contributed by atoms with Gasteiger partial charge in [0.1, 0.15) is 16.5 Å². The number of aliphatic hydroxyl groups excluding tert-OH is 1. The van der Waals surface area contributed by atoms with E-state index < -0.39 is 32.7 Å². The molecule has 2 aromatic rings. The van der Waals surface area contributed by atoms with Crippen LogP contribution in [0.25, 0.3) is 0 Å². The fourth-order valence-electron chi connectivity index (χ4n) is 1.63. The van der Waals surface area contributed by atoms with Crippen molar-refractivity contribution in [2.45, 2.75) is 11.0 Å². The number of thiophene rings is 1. The van der Waals surface area contributed by atoms with E-state index in [0.717, 1.165) is 6.07 Å². The first kappa shape index (κ1) is 16.5. The Kier molecular flexibility index (Phi) is 5.10. The number of halogens is 3. The second kappa shape index (κ2) is 6.49. The van der Waals surface area contributed by atoms with Crippen molar-refractivity contribution in [2.24, 2.45) is 0 Å². The Morgan fingerprint density at radius 3 is 2.67 bits per heavy atom. The predicted molar refractivity (Wildman–Crippen MR) is 78.5 cm³/mol. The summed E-state index contributed by atoms with van der Waals surface area (Å²) < 4.78 is 52.6. The van der Waals surface area contributed by atoms with Crippen LogP contribution in [0.3, 0.4) is 0 Å². The summed E-state index contributed by atoms with van der Waals surface area (Å²) in [4.78, 5) is -0.693. The quantitative estimate of drug-likeness (QED) is 0.814. The maximum atomic E-state index is 13.7. The summed E-state index contributed by atoms with van der Waals surface area (Å²) in [5, 5.41) is 13.2. The molecular weight excluding hydrogens is 388 g/mol. The average Bonchev–Trinajstić information content (AvgIpc) is 2.88. The van der Waals surface area contributed by atoms with Gasteiger partial charge in [-0.25, -0.2) is 21.9 Å². The molecule has 21 heavy (non-hydrogen) atoms. The molecule has 2 N–H and O–H groups in total. The van der Waals surface area contributed by atoms with E-state index in [1.165, 1.54) is 11.3 Å². The van der Waals surface area contributed by atoms with Gasteiger partial charge in [0.15, 0.2) is 0 Å². The molecule has 1 unspecified atom stereocenters. The fourth-order valence-corrected chi connectivity index (χ4v) is 4.54. The number of hydrogen-bond acceptors (Lipinski definition) is 4. The van der Waals surface area contributed by atoms with Gasteiger partial charge in [-0.2, -0.15) is 11.3 Å². The minimum atomic E-state index is -4.22. The minimum absolute atomic E-state index is 0.225. The van der Waals surface area contributed by atoms with Gasteiger partial charge >= 0.3 is 0 Å². The zero-order chi connectivity index (χ0) is 15.6. The molecule has 2 rings (SSSR count). The van der Waals surface area contributed by atoms with Gasteiger partial charge in [0.05, 0.1) is 6.10 Å². The van der Waals surface area contributed by atoms with Crippen molar-refractivity contribution in [1.82, 2.24) is 4.72 Å². The number of benzene rings is 1. The van der Waals surface area contributed by atoms with Crippen molar-refractivity contribution >= 4 is 37.3 Å². The second-order valence-corrected chi connectivity index (χ2v) is 7.46. The molecule has 1 heterocycles. The highest BCUT2D eigenvalue weighted by Gasteiger charge is 2.24. The van der Waals surface area contributed by atoms with Gasteiger partial charge in [0.2, 0.25) is 10.0 Å². The zero-order valence-corrected chi connectivity index (χ0v) is 13.6. The molecule has 114 valence electrons. The number of rotatable bonds is 5. The van der Waals surface area contributed by atoms with Crippen LogP contribution >= 0.6 is 27.3 Å². The molecule has 0 saturated heterocycles. The Hall–Kier alpha value is -0.870. The molecule has 0 aliphatic rings. The van der Waals surface area contributed by atoms with Gasteiger partial charge in [-0.1, -0.05) is 0 Å². The van der Waals surface area contributed by atoms with Gasteiger partial charge in [0, 0.05) is 17.1 Å². The number of sulfonamides is 1. The molecule has 0 amide bonds. The summed E-state index contributed by atoms with van der Waals surface area (Å²) in [7, 11) is -4.22. The standard InChI is InChI=1S/C12H10BrF2NO3S2/c13-9-3-8(14)4-10(15)12(9)21(18,19)16-5-11(17)7-1-2-20-6-7/h1-4,6,11,16-17H,5H2. The Morgan fingerprint density at radius 2 is 2.10 bits per heavy atom. The topological polar surface area (TPSA) is 66.4 Å². The monoisotopic (exact) mass is 397 g/mol. The third-order valence-corrected chi connectivity index (χ3v) is 5.71. The normalized spacial score (nSPS) is 13.3. The summed E-state index contributed by atoms with van der Waals surface area (Å²) in [6.07, 6.45) is -1.05. The van der Waals surface area contributed by atoms with Crippen molar-refractivity contribution < 1.29 is 22.3 Å². The van der Waals surface area contributed by atoms with Gasteiger partial charge in [-0.3, -0.25) is 0 Å². The summed E-state index contributed by atoms with van der Waals surface area (Å²) in [5.74, 6) is -2.10. The summed E-state index contributed by atoms with van der Waals surface area (Å²) in [5.41, 5.74) is 0.557. The third-order valence-electron chi connectivity index (χ3n) is 2.63. The lowest BCUT2D eigenvalue weighted by molar-refractivity contribution is 0.182. The van der Waals surface area contributed by atoms with Crippen LogP contribution in [-0.4, -0.2) is 20.1 Å². The zero-order valence-electron chi connectivity index (χ0n) is 10.4. The molecule has 4 nitrogen and oxygen atoms in total. The minimum Gasteiger partial charge on any atom is -0.387 e. The van der Waals surface area contributed by atoms with Crippen LogP contribution < -0.4 is 4.72 Å². The molecular formula is C12H10BrF2NO3S2. The van der Waals surface area contributed by atoms with E-state index in [1.54, 1.807) is 16.8 Å². The van der Waals surface area contributed by atoms with Crippen molar-refractivity contribution in [3.63, 3.8) is 0 Å². The summed E-state index contributed by atoms with van der Waals surface area (Å²) in [6.45, 7) is -0.317. The Bertz CT molecular complexity index is 712. The van der Waals surface area contributed by atoms with E-state index in [4.69, 9.17) is 0 Å². The summed E-state index contributed by atoms with van der Waals surface area (Å²) >= 11 is 4.18. The molecule has 1 aromatic heterocycles. The SMILES string of the molecule is O=S(=O)(NCC(O)c1ccsc1)c1c(F)cc(F)cc1Br. The molecule has 0 aliphatic carbocycles. The van der Waals surface area contributed by atoms with Crippen LogP contribution in [0.2, 0.25) is 0 Å². The number of nitrogens with one attached hydrogen (secondary N) is 1. The predicted octanol–water partition coefficient (Wildman–Crippen LogP) is 2.80. The maximum absolute atomic E-state index is 13.7. The number of hydrogen-bond donors (Lipinski definition) is 2. The van der Waals surface area contributed by atoms with Crippen LogP contribution in [0.1, 0.15) is 11.7 Å². The van der Waals surface area contributed by atoms with Crippen LogP contribution in [0.5, 0.6) is 0 Å². The molecule has 0 fully saturated rings. The molecule has 0 saturated carbocycles. The van der Waals surface area contributed by atoms with Gasteiger partial charge < -0.3 is 5.11 Å². The lowest BCUT2D eigenvalue weighted by Crippen LogP contribution is -2.29. The van der Waals surface area contributed by atoms with Gasteiger partial charge in [-0.05, 0) is 44.4 Å². The van der Waals surface area contributed by atoms with E-state index in [-0.39, 0.29) is 11.0 Å². The molecule has 0 aliphatic heterocycles. The molecule has 9 heteroatoms. The Balaban J connectivity index is 2.20. The van der Waals surface area contributed by atoms with E-state index >= 15 is 0 Å². The van der Waals surface area contributed by atoms with Gasteiger partial charge in [-0.15, -0.1) is 0 Å². The van der Waals surface area contributed by atoms with Crippen molar-refractivity contribution in [3.05, 3.63) is 50.6 Å². The molecule has 1 atom stereocenters. The van der Waals surface area contributed by atoms with Crippen molar-refractivity contribution in [3.8, 4) is 0 Å². The lowest BCUT2D eigenvalue weighted by Gasteiger charge is -2.12. The number of aliphatic hydroxyl groups is 1. The van der Waals surface area contributed by atoms with Crippen LogP contribution in [0, 0.1) is 11.6 Å². The van der Waals surface area contributed by atoms with Crippen molar-refractivity contribution in [1.29, 1.82) is 0 Å². The average molecular weight is 398 g/mol. The van der Waals surface area contributed by atoms with E-state index in [9.17, 15) is 22.3 Å². The first-order chi connectivity index (χ1) is 9.81. The van der Waals surface area contributed by atoms with Crippen molar-refractivity contribution in [2.75, 3.05) is 6.54 Å². The third kappa shape index (κ3) is 3.86. The Labute approximate surface area is 132 Å². The second-order valence-electron chi connectivity index (χ2n) is 4.12. The van der Waals surface area contributed by atoms with Crippen LogP contribution in [0.15, 0.2) is 38.3 Å². The molecule has 0 radical (unpaired) electrons. The molecule has 1 aromatic carbocycles. The van der Waals surface area contributed by atoms with E-state index in [2.05, 4.69) is 20.7 Å².